The highest BCUT2D eigenvalue weighted by molar-refractivity contribution is 6.20. The third-order valence-corrected chi connectivity index (χ3v) is 16.5. The molecule has 0 saturated carbocycles. The van der Waals surface area contributed by atoms with Crippen LogP contribution in [0.5, 0.6) is 0 Å². The molecule has 3 heterocycles. The Balaban J connectivity index is 1.24. The average Bonchev–Trinajstić information content (AvgIpc) is 3.82. The summed E-state index contributed by atoms with van der Waals surface area (Å²) < 4.78 is 6.94. The van der Waals surface area contributed by atoms with Gasteiger partial charge >= 0.3 is 0 Å². The minimum absolute atomic E-state index is 0.0552. The highest BCUT2D eigenvalue weighted by Gasteiger charge is 2.43. The highest BCUT2D eigenvalue weighted by Crippen LogP contribution is 2.63. The lowest BCUT2D eigenvalue weighted by Gasteiger charge is -2.46. The molecule has 374 valence electrons. The molecular weight excluding hydrogens is 909 g/mol. The summed E-state index contributed by atoms with van der Waals surface area (Å²) in [5.74, 6) is 1.56. The number of anilines is 5. The van der Waals surface area contributed by atoms with Gasteiger partial charge in [-0.1, -0.05) is 210 Å². The van der Waals surface area contributed by atoms with Crippen molar-refractivity contribution in [2.24, 2.45) is 0 Å². The lowest BCUT2D eigenvalue weighted by atomic mass is 9.73. The van der Waals surface area contributed by atoms with Crippen LogP contribution < -0.4 is 9.80 Å². The maximum absolute atomic E-state index is 6.94. The van der Waals surface area contributed by atoms with Gasteiger partial charge in [0.05, 0.1) is 17.1 Å². The van der Waals surface area contributed by atoms with Gasteiger partial charge in [0.25, 0.3) is 0 Å². The third kappa shape index (κ3) is 8.18. The monoisotopic (exact) mass is 979 g/mol. The van der Waals surface area contributed by atoms with Gasteiger partial charge in [-0.05, 0) is 144 Å². The van der Waals surface area contributed by atoms with E-state index in [9.17, 15) is 0 Å². The van der Waals surface area contributed by atoms with Gasteiger partial charge in [0.2, 0.25) is 0 Å². The molecule has 0 fully saturated rings. The average molecular weight is 979 g/mol. The van der Waals surface area contributed by atoms with Crippen LogP contribution in [0.1, 0.15) is 150 Å². The van der Waals surface area contributed by atoms with E-state index in [4.69, 9.17) is 4.42 Å². The summed E-state index contributed by atoms with van der Waals surface area (Å²) in [6.45, 7) is 25.6. The van der Waals surface area contributed by atoms with Crippen LogP contribution in [0.2, 0.25) is 0 Å². The number of fused-ring (bicyclic) bond motifs is 7. The number of nitrogens with zero attached hydrogens (tertiary/aromatic N) is 2. The van der Waals surface area contributed by atoms with Gasteiger partial charge in [-0.3, -0.25) is 0 Å². The molecule has 12 rings (SSSR count). The van der Waals surface area contributed by atoms with E-state index in [1.807, 2.05) is 0 Å². The maximum Gasteiger partial charge on any atom is 0.136 e. The zero-order chi connectivity index (χ0) is 52.2. The SMILES string of the molecule is CC(C)c1cc(-c2ccc3c(c2)C2c4ccc(-c5cc(C(C)C)cc(C(C)C)c5)cc4N(c4c(-c5ccccc5)cc5oc6ccccc6c5c4-c4ccccc4)c4cc(C(C)(C)C)cc(c42)N3C)cc(C(C)C)c1. The van der Waals surface area contributed by atoms with E-state index in [0.29, 0.717) is 23.7 Å². The topological polar surface area (TPSA) is 19.6 Å². The van der Waals surface area contributed by atoms with E-state index in [0.717, 1.165) is 49.9 Å². The van der Waals surface area contributed by atoms with Crippen molar-refractivity contribution in [2.75, 3.05) is 16.8 Å². The van der Waals surface area contributed by atoms with Crippen LogP contribution in [0.4, 0.5) is 28.4 Å². The van der Waals surface area contributed by atoms with Crippen LogP contribution in [0.15, 0.2) is 180 Å². The lowest BCUT2D eigenvalue weighted by Crippen LogP contribution is -2.31. The predicted molar refractivity (Wildman–Crippen MR) is 321 cm³/mol. The highest BCUT2D eigenvalue weighted by atomic mass is 16.3. The zero-order valence-corrected chi connectivity index (χ0v) is 45.9. The van der Waals surface area contributed by atoms with Crippen LogP contribution in [0.25, 0.3) is 66.4 Å². The third-order valence-electron chi connectivity index (χ3n) is 16.5. The van der Waals surface area contributed by atoms with Gasteiger partial charge in [0.15, 0.2) is 0 Å². The Morgan fingerprint density at radius 1 is 0.427 bits per heavy atom. The molecule has 0 N–H and O–H groups in total. The van der Waals surface area contributed by atoms with Gasteiger partial charge in [0, 0.05) is 51.8 Å². The van der Waals surface area contributed by atoms with E-state index < -0.39 is 0 Å². The summed E-state index contributed by atoms with van der Waals surface area (Å²) in [6, 6.07) is 67.4. The van der Waals surface area contributed by atoms with Gasteiger partial charge < -0.3 is 14.2 Å². The number of hydrogen-bond acceptors (Lipinski definition) is 3. The van der Waals surface area contributed by atoms with E-state index in [1.54, 1.807) is 0 Å². The normalized spacial score (nSPS) is 14.2. The van der Waals surface area contributed by atoms with Gasteiger partial charge in [-0.2, -0.15) is 0 Å². The van der Waals surface area contributed by atoms with Crippen molar-refractivity contribution in [3.8, 4) is 44.5 Å². The van der Waals surface area contributed by atoms with E-state index in [-0.39, 0.29) is 11.3 Å². The van der Waals surface area contributed by atoms with Crippen molar-refractivity contribution in [3.05, 3.63) is 220 Å². The standard InChI is InChI=1S/C72H70N2O/c1-42(2)50-31-51(43(3)4)34-54(33-50)48-28-30-61-60(37-48)68-57-29-27-49(55-35-52(44(5)6)32-53(36-55)45(7)8)38-62(57)74(64-40-56(72(9,10)11)39-63(70(64)68)73(61)12)71-59(46-21-15-13-16-22-46)41-66-69(58-25-19-20-26-65(58)75-66)67(71)47-23-17-14-18-24-47/h13-45,68H,1-12H3. The van der Waals surface area contributed by atoms with E-state index in [1.165, 1.54) is 89.5 Å². The Morgan fingerprint density at radius 3 is 1.55 bits per heavy atom. The van der Waals surface area contributed by atoms with Gasteiger partial charge in [-0.25, -0.2) is 0 Å². The molecule has 0 bridgehead atoms. The van der Waals surface area contributed by atoms with Crippen LogP contribution in [0, 0.1) is 0 Å². The van der Waals surface area contributed by atoms with Crippen molar-refractivity contribution >= 4 is 50.4 Å². The first kappa shape index (κ1) is 48.3. The van der Waals surface area contributed by atoms with Crippen LogP contribution >= 0.6 is 0 Å². The molecule has 75 heavy (non-hydrogen) atoms. The Bertz CT molecular complexity index is 3790. The molecule has 0 amide bonds. The molecule has 9 aromatic carbocycles. The second-order valence-electron chi connectivity index (χ2n) is 23.8. The number of hydrogen-bond donors (Lipinski definition) is 0. The first-order valence-electron chi connectivity index (χ1n) is 27.4. The Hall–Kier alpha value is -7.62. The van der Waals surface area contributed by atoms with Crippen LogP contribution in [-0.2, 0) is 5.41 Å². The molecule has 1 aromatic heterocycles. The summed E-state index contributed by atoms with van der Waals surface area (Å²) >= 11 is 0. The fraction of sp³-hybridized carbons (Fsp3) is 0.250. The first-order valence-corrected chi connectivity index (χ1v) is 27.4. The molecule has 3 heteroatoms. The molecule has 2 aliphatic heterocycles. The minimum atomic E-state index is -0.158. The molecule has 1 unspecified atom stereocenters. The molecule has 0 spiro atoms. The summed E-state index contributed by atoms with van der Waals surface area (Å²) in [6.07, 6.45) is 0. The van der Waals surface area contributed by atoms with Crippen molar-refractivity contribution in [2.45, 2.75) is 111 Å². The Kier molecular flexibility index (Phi) is 11.8. The summed E-state index contributed by atoms with van der Waals surface area (Å²) in [7, 11) is 2.29. The molecule has 0 radical (unpaired) electrons. The zero-order valence-electron chi connectivity index (χ0n) is 45.9. The fourth-order valence-electron chi connectivity index (χ4n) is 12.1. The molecule has 10 aromatic rings. The number of rotatable bonds is 9. The van der Waals surface area contributed by atoms with Crippen molar-refractivity contribution < 1.29 is 4.42 Å². The number of benzene rings is 9. The smallest absolute Gasteiger partial charge is 0.136 e. The molecule has 2 aliphatic rings. The Morgan fingerprint density at radius 2 is 0.960 bits per heavy atom. The summed E-state index contributed by atoms with van der Waals surface area (Å²) in [5, 5.41) is 2.23. The van der Waals surface area contributed by atoms with E-state index >= 15 is 0 Å². The summed E-state index contributed by atoms with van der Waals surface area (Å²) in [4.78, 5) is 5.17. The van der Waals surface area contributed by atoms with Gasteiger partial charge in [0.1, 0.15) is 11.2 Å². The van der Waals surface area contributed by atoms with Crippen molar-refractivity contribution in [1.29, 1.82) is 0 Å². The summed E-state index contributed by atoms with van der Waals surface area (Å²) in [5.41, 5.74) is 27.9. The Labute approximate surface area is 445 Å². The predicted octanol–water partition coefficient (Wildman–Crippen LogP) is 21.1. The molecule has 0 saturated heterocycles. The quantitative estimate of drug-likeness (QED) is 0.144. The fourth-order valence-corrected chi connectivity index (χ4v) is 12.1. The second kappa shape index (κ2) is 18.3. The van der Waals surface area contributed by atoms with Crippen molar-refractivity contribution in [1.82, 2.24) is 0 Å². The van der Waals surface area contributed by atoms with Crippen LogP contribution in [-0.4, -0.2) is 7.05 Å². The maximum atomic E-state index is 6.94. The minimum Gasteiger partial charge on any atom is -0.456 e. The number of para-hydroxylation sites is 1. The van der Waals surface area contributed by atoms with E-state index in [2.05, 4.69) is 269 Å². The lowest BCUT2D eigenvalue weighted by molar-refractivity contribution is 0.589. The second-order valence-corrected chi connectivity index (χ2v) is 23.8. The van der Waals surface area contributed by atoms with Gasteiger partial charge in [-0.15, -0.1) is 0 Å². The largest absolute Gasteiger partial charge is 0.456 e. The molecule has 0 aliphatic carbocycles. The molecule has 3 nitrogen and oxygen atoms in total. The number of furan rings is 1. The molecule has 1 atom stereocenters. The van der Waals surface area contributed by atoms with Crippen molar-refractivity contribution in [3.63, 3.8) is 0 Å². The molecular formula is C72H70N2O. The first-order chi connectivity index (χ1) is 36.0. The van der Waals surface area contributed by atoms with Crippen LogP contribution in [0.3, 0.4) is 0 Å².